The number of hydrogen-bond acceptors (Lipinski definition) is 1. The highest BCUT2D eigenvalue weighted by Gasteiger charge is 1.94. The number of rotatable bonds is 17. The molecule has 0 aromatic rings. The highest BCUT2D eigenvalue weighted by atomic mass is 28.2. The minimum absolute atomic E-state index is 0.669. The Hall–Kier alpha value is 0.177. The van der Waals surface area contributed by atoms with Crippen molar-refractivity contribution in [3.05, 3.63) is 0 Å². The van der Waals surface area contributed by atoms with E-state index in [1.807, 2.05) is 0 Å². The van der Waals surface area contributed by atoms with Crippen LogP contribution in [0.4, 0.5) is 0 Å². The van der Waals surface area contributed by atoms with E-state index >= 15 is 0 Å². The van der Waals surface area contributed by atoms with Crippen molar-refractivity contribution in [2.45, 2.75) is 110 Å². The van der Waals surface area contributed by atoms with Crippen molar-refractivity contribution >= 4 is 9.76 Å². The fourth-order valence-corrected chi connectivity index (χ4v) is 3.00. The summed E-state index contributed by atoms with van der Waals surface area (Å²) in [4.78, 5) is 0. The summed E-state index contributed by atoms with van der Waals surface area (Å²) in [6.07, 6.45) is 21.5. The van der Waals surface area contributed by atoms with E-state index in [1.165, 1.54) is 96.3 Å². The second-order valence-corrected chi connectivity index (χ2v) is 6.70. The number of hydrogen-bond donors (Lipinski definition) is 0. The maximum atomic E-state index is 5.37. The predicted octanol–water partition coefficient (Wildman–Crippen LogP) is 6.54. The molecule has 0 heterocycles. The van der Waals surface area contributed by atoms with Crippen LogP contribution in [0.25, 0.3) is 0 Å². The molecule has 0 unspecified atom stereocenters. The van der Waals surface area contributed by atoms with Gasteiger partial charge in [-0.1, -0.05) is 96.8 Å². The standard InChI is InChI=1S/C18H38OSi/c1-3-4-5-6-7-8-9-10-11-12-13-14-15-16-17-18-19-20-2/h3-18H2,1-2H3. The Morgan fingerprint density at radius 3 is 1.25 bits per heavy atom. The molecule has 120 valence electrons. The van der Waals surface area contributed by atoms with Gasteiger partial charge in [0.2, 0.25) is 9.76 Å². The summed E-state index contributed by atoms with van der Waals surface area (Å²) in [7, 11) is 0.669. The third-order valence-corrected chi connectivity index (χ3v) is 4.49. The fourth-order valence-electron chi connectivity index (χ4n) is 2.65. The van der Waals surface area contributed by atoms with Gasteiger partial charge in [0.25, 0.3) is 0 Å². The van der Waals surface area contributed by atoms with Gasteiger partial charge in [-0.15, -0.1) is 0 Å². The second kappa shape index (κ2) is 19.2. The molecule has 2 heteroatoms. The van der Waals surface area contributed by atoms with Gasteiger partial charge in [-0.25, -0.2) is 0 Å². The zero-order valence-corrected chi connectivity index (χ0v) is 15.2. The molecular formula is C18H38OSi. The molecule has 0 amide bonds. The Bertz CT molecular complexity index is 143. The van der Waals surface area contributed by atoms with Crippen molar-refractivity contribution < 1.29 is 4.43 Å². The van der Waals surface area contributed by atoms with Crippen molar-refractivity contribution in [3.63, 3.8) is 0 Å². The lowest BCUT2D eigenvalue weighted by atomic mass is 10.0. The molecule has 0 bridgehead atoms. The van der Waals surface area contributed by atoms with Crippen LogP contribution in [-0.2, 0) is 4.43 Å². The Morgan fingerprint density at radius 2 is 0.900 bits per heavy atom. The first-order chi connectivity index (χ1) is 9.91. The second-order valence-electron chi connectivity index (χ2n) is 6.00. The molecule has 0 aliphatic carbocycles. The quantitative estimate of drug-likeness (QED) is 0.219. The first-order valence-electron chi connectivity index (χ1n) is 9.20. The first kappa shape index (κ1) is 20.2. The highest BCUT2D eigenvalue weighted by Crippen LogP contribution is 2.13. The summed E-state index contributed by atoms with van der Waals surface area (Å²) in [5.74, 6) is 0. The van der Waals surface area contributed by atoms with Gasteiger partial charge in [0.1, 0.15) is 0 Å². The molecule has 0 aromatic heterocycles. The molecule has 0 aromatic carbocycles. The van der Waals surface area contributed by atoms with Crippen molar-refractivity contribution in [3.8, 4) is 0 Å². The van der Waals surface area contributed by atoms with Crippen LogP contribution in [-0.4, -0.2) is 16.4 Å². The van der Waals surface area contributed by atoms with E-state index < -0.39 is 0 Å². The molecule has 0 aliphatic rings. The molecule has 0 saturated heterocycles. The lowest BCUT2D eigenvalue weighted by Gasteiger charge is -2.03. The monoisotopic (exact) mass is 298 g/mol. The van der Waals surface area contributed by atoms with E-state index in [-0.39, 0.29) is 0 Å². The third-order valence-electron chi connectivity index (χ3n) is 3.99. The third kappa shape index (κ3) is 18.2. The van der Waals surface area contributed by atoms with E-state index in [4.69, 9.17) is 4.43 Å². The van der Waals surface area contributed by atoms with Gasteiger partial charge in [0, 0.05) is 6.61 Å². The summed E-state index contributed by atoms with van der Waals surface area (Å²) in [6.45, 7) is 5.37. The van der Waals surface area contributed by atoms with Crippen LogP contribution in [0.3, 0.4) is 0 Å². The summed E-state index contributed by atoms with van der Waals surface area (Å²) < 4.78 is 5.37. The maximum Gasteiger partial charge on any atom is 0.226 e. The van der Waals surface area contributed by atoms with Crippen LogP contribution in [0.15, 0.2) is 0 Å². The largest absolute Gasteiger partial charge is 0.418 e. The minimum atomic E-state index is 0.669. The van der Waals surface area contributed by atoms with E-state index in [2.05, 4.69) is 13.5 Å². The van der Waals surface area contributed by atoms with Crippen molar-refractivity contribution in [1.82, 2.24) is 0 Å². The topological polar surface area (TPSA) is 9.23 Å². The normalized spacial score (nSPS) is 11.1. The van der Waals surface area contributed by atoms with Crippen molar-refractivity contribution in [2.75, 3.05) is 6.61 Å². The average molecular weight is 299 g/mol. The minimum Gasteiger partial charge on any atom is -0.418 e. The van der Waals surface area contributed by atoms with Gasteiger partial charge in [0.15, 0.2) is 0 Å². The van der Waals surface area contributed by atoms with Crippen LogP contribution in [0.5, 0.6) is 0 Å². The molecule has 0 rings (SSSR count). The van der Waals surface area contributed by atoms with E-state index in [0.29, 0.717) is 9.76 Å². The zero-order chi connectivity index (χ0) is 14.7. The molecule has 0 atom stereocenters. The zero-order valence-electron chi connectivity index (χ0n) is 14.2. The molecule has 2 radical (unpaired) electrons. The molecule has 0 N–H and O–H groups in total. The molecule has 1 nitrogen and oxygen atoms in total. The van der Waals surface area contributed by atoms with Crippen LogP contribution in [0.2, 0.25) is 6.55 Å². The molecule has 0 aliphatic heterocycles. The van der Waals surface area contributed by atoms with Gasteiger partial charge in [-0.05, 0) is 13.0 Å². The van der Waals surface area contributed by atoms with Gasteiger partial charge >= 0.3 is 0 Å². The smallest absolute Gasteiger partial charge is 0.226 e. The lowest BCUT2D eigenvalue weighted by Crippen LogP contribution is -1.95. The highest BCUT2D eigenvalue weighted by molar-refractivity contribution is 6.24. The van der Waals surface area contributed by atoms with Crippen LogP contribution in [0, 0.1) is 0 Å². The summed E-state index contributed by atoms with van der Waals surface area (Å²) in [5.41, 5.74) is 0. The lowest BCUT2D eigenvalue weighted by molar-refractivity contribution is 0.323. The SMILES string of the molecule is CCCCCCCCCCCCCCCCCO[Si]C. The Labute approximate surface area is 131 Å². The van der Waals surface area contributed by atoms with Crippen molar-refractivity contribution in [1.29, 1.82) is 0 Å². The van der Waals surface area contributed by atoms with Crippen LogP contribution < -0.4 is 0 Å². The van der Waals surface area contributed by atoms with Crippen LogP contribution in [0.1, 0.15) is 103 Å². The molecular weight excluding hydrogens is 260 g/mol. The maximum absolute atomic E-state index is 5.37. The Balaban J connectivity index is 2.89. The van der Waals surface area contributed by atoms with Gasteiger partial charge < -0.3 is 4.43 Å². The molecule has 20 heavy (non-hydrogen) atoms. The summed E-state index contributed by atoms with van der Waals surface area (Å²) in [6, 6.07) is 0. The first-order valence-corrected chi connectivity index (χ1v) is 10.6. The Kier molecular flexibility index (Phi) is 19.3. The fraction of sp³-hybridized carbons (Fsp3) is 1.00. The molecule has 0 saturated carbocycles. The van der Waals surface area contributed by atoms with Crippen LogP contribution >= 0.6 is 0 Å². The van der Waals surface area contributed by atoms with Gasteiger partial charge in [-0.3, -0.25) is 0 Å². The predicted molar refractivity (Wildman–Crippen MR) is 92.5 cm³/mol. The van der Waals surface area contributed by atoms with Gasteiger partial charge in [0.05, 0.1) is 0 Å². The van der Waals surface area contributed by atoms with E-state index in [0.717, 1.165) is 6.61 Å². The summed E-state index contributed by atoms with van der Waals surface area (Å²) >= 11 is 0. The number of unbranched alkanes of at least 4 members (excludes halogenated alkanes) is 14. The summed E-state index contributed by atoms with van der Waals surface area (Å²) in [5, 5.41) is 0. The average Bonchev–Trinajstić information content (AvgIpc) is 2.47. The van der Waals surface area contributed by atoms with E-state index in [9.17, 15) is 0 Å². The molecule has 0 fully saturated rings. The van der Waals surface area contributed by atoms with Crippen molar-refractivity contribution in [2.24, 2.45) is 0 Å². The molecule has 0 spiro atoms. The van der Waals surface area contributed by atoms with E-state index in [1.54, 1.807) is 0 Å². The Morgan fingerprint density at radius 1 is 0.550 bits per heavy atom. The van der Waals surface area contributed by atoms with Gasteiger partial charge in [-0.2, -0.15) is 0 Å².